The van der Waals surface area contributed by atoms with Gasteiger partial charge in [0.15, 0.2) is 0 Å². The lowest BCUT2D eigenvalue weighted by atomic mass is 9.97. The number of carbonyl (C=O) groups excluding carboxylic acids is 1. The molecule has 1 fully saturated rings. The number of carboxylic acids is 1. The smallest absolute Gasteiger partial charge is 0.326 e. The number of para-hydroxylation sites is 1. The molecular weight excluding hydrogens is 563 g/mol. The standard InChI is InChI=1S/C28H28Cl2N2O6S/c1-28(12-5-13-32(28)39(36,37)22-16-20(29)15-21(30)17-22)27(35)31-24(26(33)34)14-18-8-10-19(11-9-18)23-6-3-4-7-25(23)38-2/h3-4,6-11,15-17,24H,5,12-14H2,1-2H3,(H,31,35)(H,33,34)/t24?,28-/m0/s1. The Labute approximate surface area is 237 Å². The molecule has 1 amide bonds. The molecule has 1 unspecified atom stereocenters. The number of benzene rings is 3. The molecule has 0 aliphatic carbocycles. The number of carboxylic acid groups (broad SMARTS) is 1. The molecule has 0 radical (unpaired) electrons. The molecule has 0 spiro atoms. The SMILES string of the molecule is COc1ccccc1-c1ccc(CC(NC(=O)[C@]2(C)CCCN2S(=O)(=O)c2cc(Cl)cc(Cl)c2)C(=O)O)cc1. The molecule has 0 saturated carbocycles. The lowest BCUT2D eigenvalue weighted by molar-refractivity contribution is -0.143. The molecule has 1 aliphatic rings. The van der Waals surface area contributed by atoms with Gasteiger partial charge in [0.1, 0.15) is 17.3 Å². The van der Waals surface area contributed by atoms with Crippen LogP contribution in [0, 0.1) is 0 Å². The first-order valence-electron chi connectivity index (χ1n) is 12.2. The lowest BCUT2D eigenvalue weighted by Crippen LogP contribution is -2.58. The summed E-state index contributed by atoms with van der Waals surface area (Å²) in [6.45, 7) is 1.60. The van der Waals surface area contributed by atoms with Crippen LogP contribution in [0.15, 0.2) is 71.6 Å². The third-order valence-corrected chi connectivity index (χ3v) is 9.34. The van der Waals surface area contributed by atoms with Gasteiger partial charge in [-0.2, -0.15) is 4.31 Å². The van der Waals surface area contributed by atoms with Crippen LogP contribution in [-0.2, 0) is 26.0 Å². The minimum absolute atomic E-state index is 0.0139. The molecule has 206 valence electrons. The van der Waals surface area contributed by atoms with Gasteiger partial charge in [-0.25, -0.2) is 13.2 Å². The van der Waals surface area contributed by atoms with Crippen molar-refractivity contribution in [1.82, 2.24) is 9.62 Å². The van der Waals surface area contributed by atoms with Crippen molar-refractivity contribution in [3.05, 3.63) is 82.3 Å². The monoisotopic (exact) mass is 590 g/mol. The van der Waals surface area contributed by atoms with Crippen molar-refractivity contribution in [2.45, 2.75) is 42.7 Å². The van der Waals surface area contributed by atoms with Crippen molar-refractivity contribution in [3.63, 3.8) is 0 Å². The fourth-order valence-electron chi connectivity index (χ4n) is 4.81. The van der Waals surface area contributed by atoms with Crippen molar-refractivity contribution in [2.24, 2.45) is 0 Å². The molecule has 1 aliphatic heterocycles. The van der Waals surface area contributed by atoms with Gasteiger partial charge in [0.25, 0.3) is 0 Å². The summed E-state index contributed by atoms with van der Waals surface area (Å²) in [4.78, 5) is 25.4. The molecule has 2 N–H and O–H groups in total. The summed E-state index contributed by atoms with van der Waals surface area (Å²) in [6, 6.07) is 17.5. The van der Waals surface area contributed by atoms with E-state index in [-0.39, 0.29) is 34.3 Å². The molecule has 4 rings (SSSR count). The molecule has 39 heavy (non-hydrogen) atoms. The number of halogens is 2. The molecule has 1 saturated heterocycles. The summed E-state index contributed by atoms with van der Waals surface area (Å²) in [5.41, 5.74) is 0.990. The van der Waals surface area contributed by atoms with Crippen LogP contribution in [0.25, 0.3) is 11.1 Å². The third-order valence-electron chi connectivity index (χ3n) is 6.90. The first kappa shape index (κ1) is 28.9. The number of hydrogen-bond donors (Lipinski definition) is 2. The van der Waals surface area contributed by atoms with Gasteiger partial charge in [0.05, 0.1) is 12.0 Å². The quantitative estimate of drug-likeness (QED) is 0.361. The first-order valence-corrected chi connectivity index (χ1v) is 14.4. The number of hydrogen-bond acceptors (Lipinski definition) is 5. The predicted octanol–water partition coefficient (Wildman–Crippen LogP) is 5.02. The molecule has 3 aromatic rings. The van der Waals surface area contributed by atoms with Crippen molar-refractivity contribution in [2.75, 3.05) is 13.7 Å². The van der Waals surface area contributed by atoms with Crippen LogP contribution in [-0.4, -0.2) is 54.9 Å². The zero-order chi connectivity index (χ0) is 28.4. The summed E-state index contributed by atoms with van der Waals surface area (Å²) >= 11 is 12.0. The van der Waals surface area contributed by atoms with Gasteiger partial charge in [-0.1, -0.05) is 65.7 Å². The summed E-state index contributed by atoms with van der Waals surface area (Å²) in [6.07, 6.45) is 0.673. The number of nitrogens with zero attached hydrogens (tertiary/aromatic N) is 1. The highest BCUT2D eigenvalue weighted by Crippen LogP contribution is 2.36. The maximum Gasteiger partial charge on any atom is 0.326 e. The highest BCUT2D eigenvalue weighted by atomic mass is 35.5. The fourth-order valence-corrected chi connectivity index (χ4v) is 7.34. The van der Waals surface area contributed by atoms with E-state index < -0.39 is 33.5 Å². The second-order valence-electron chi connectivity index (χ2n) is 9.53. The number of ether oxygens (including phenoxy) is 1. The molecule has 1 heterocycles. The molecule has 8 nitrogen and oxygen atoms in total. The lowest BCUT2D eigenvalue weighted by Gasteiger charge is -2.34. The van der Waals surface area contributed by atoms with E-state index in [1.165, 1.54) is 25.1 Å². The number of amides is 1. The Hall–Kier alpha value is -3.11. The van der Waals surface area contributed by atoms with Gasteiger partial charge >= 0.3 is 5.97 Å². The summed E-state index contributed by atoms with van der Waals surface area (Å²) in [5.74, 6) is -1.20. The van der Waals surface area contributed by atoms with Gasteiger partial charge < -0.3 is 15.2 Å². The van der Waals surface area contributed by atoms with E-state index in [2.05, 4.69) is 5.32 Å². The second-order valence-corrected chi connectivity index (χ2v) is 12.3. The number of rotatable bonds is 9. The van der Waals surface area contributed by atoms with Crippen LogP contribution >= 0.6 is 23.2 Å². The Morgan fingerprint density at radius 1 is 1.08 bits per heavy atom. The molecule has 11 heteroatoms. The maximum absolute atomic E-state index is 13.5. The molecule has 0 aromatic heterocycles. The van der Waals surface area contributed by atoms with E-state index in [9.17, 15) is 23.1 Å². The largest absolute Gasteiger partial charge is 0.496 e. The van der Waals surface area contributed by atoms with E-state index in [0.29, 0.717) is 17.7 Å². The Balaban J connectivity index is 1.53. The summed E-state index contributed by atoms with van der Waals surface area (Å²) < 4.78 is 33.4. The molecule has 2 atom stereocenters. The highest BCUT2D eigenvalue weighted by molar-refractivity contribution is 7.89. The number of carbonyl (C=O) groups is 2. The van der Waals surface area contributed by atoms with Gasteiger partial charge in [-0.15, -0.1) is 0 Å². The first-order chi connectivity index (χ1) is 18.5. The van der Waals surface area contributed by atoms with Gasteiger partial charge in [0.2, 0.25) is 15.9 Å². The Morgan fingerprint density at radius 2 is 1.72 bits per heavy atom. The van der Waals surface area contributed by atoms with Gasteiger partial charge in [0, 0.05) is 28.6 Å². The van der Waals surface area contributed by atoms with Crippen molar-refractivity contribution in [1.29, 1.82) is 0 Å². The van der Waals surface area contributed by atoms with Crippen molar-refractivity contribution >= 4 is 45.1 Å². The Morgan fingerprint density at radius 3 is 2.33 bits per heavy atom. The van der Waals surface area contributed by atoms with Crippen molar-refractivity contribution in [3.8, 4) is 16.9 Å². The van der Waals surface area contributed by atoms with E-state index in [1.54, 1.807) is 19.2 Å². The van der Waals surface area contributed by atoms with Crippen LogP contribution in [0.2, 0.25) is 10.0 Å². The van der Waals surface area contributed by atoms with E-state index in [1.807, 2.05) is 36.4 Å². The van der Waals surface area contributed by atoms with Gasteiger partial charge in [-0.3, -0.25) is 4.79 Å². The van der Waals surface area contributed by atoms with E-state index >= 15 is 0 Å². The van der Waals surface area contributed by atoms with Crippen molar-refractivity contribution < 1.29 is 27.9 Å². The van der Waals surface area contributed by atoms with Gasteiger partial charge in [-0.05, 0) is 55.2 Å². The van der Waals surface area contributed by atoms with Crippen LogP contribution in [0.5, 0.6) is 5.75 Å². The number of sulfonamides is 1. The minimum atomic E-state index is -4.14. The minimum Gasteiger partial charge on any atom is -0.496 e. The van der Waals surface area contributed by atoms with Crippen LogP contribution in [0.4, 0.5) is 0 Å². The molecule has 0 bridgehead atoms. The number of nitrogens with one attached hydrogen (secondary N) is 1. The maximum atomic E-state index is 13.5. The van der Waals surface area contributed by atoms with E-state index in [4.69, 9.17) is 27.9 Å². The average molecular weight is 592 g/mol. The fraction of sp³-hybridized carbons (Fsp3) is 0.286. The zero-order valence-corrected chi connectivity index (χ0v) is 23.7. The van der Waals surface area contributed by atoms with Crippen LogP contribution in [0.3, 0.4) is 0 Å². The number of methoxy groups -OCH3 is 1. The Bertz CT molecular complexity index is 1480. The zero-order valence-electron chi connectivity index (χ0n) is 21.4. The third kappa shape index (κ3) is 6.06. The highest BCUT2D eigenvalue weighted by Gasteiger charge is 2.50. The van der Waals surface area contributed by atoms with E-state index in [0.717, 1.165) is 15.4 Å². The Kier molecular flexibility index (Phi) is 8.56. The number of aliphatic carboxylic acids is 1. The second kappa shape index (κ2) is 11.6. The molecular formula is C28H28Cl2N2O6S. The summed E-state index contributed by atoms with van der Waals surface area (Å²) in [5, 5.41) is 12.7. The van der Waals surface area contributed by atoms with Crippen LogP contribution < -0.4 is 10.1 Å². The normalized spacial score (nSPS) is 18.5. The molecule has 3 aromatic carbocycles. The summed E-state index contributed by atoms with van der Waals surface area (Å²) in [7, 11) is -2.55. The van der Waals surface area contributed by atoms with Crippen LogP contribution in [0.1, 0.15) is 25.3 Å². The topological polar surface area (TPSA) is 113 Å². The average Bonchev–Trinajstić information content (AvgIpc) is 3.31. The predicted molar refractivity (Wildman–Crippen MR) is 150 cm³/mol.